The highest BCUT2D eigenvalue weighted by Gasteiger charge is 2.34. The fourth-order valence-corrected chi connectivity index (χ4v) is 3.79. The van der Waals surface area contributed by atoms with Gasteiger partial charge in [-0.25, -0.2) is 0 Å². The number of carbonyl (C=O) groups excluding carboxylic acids is 1. The van der Waals surface area contributed by atoms with Crippen LogP contribution in [-0.2, 0) is 11.3 Å². The van der Waals surface area contributed by atoms with E-state index in [0.29, 0.717) is 13.1 Å². The second kappa shape index (κ2) is 7.87. The molecule has 27 heavy (non-hydrogen) atoms. The van der Waals surface area contributed by atoms with Crippen molar-refractivity contribution in [1.82, 2.24) is 9.80 Å². The van der Waals surface area contributed by atoms with E-state index in [9.17, 15) is 4.79 Å². The summed E-state index contributed by atoms with van der Waals surface area (Å²) in [6.07, 6.45) is 0.943. The number of hydrogen-bond donors (Lipinski definition) is 1. The molecule has 1 amide bonds. The van der Waals surface area contributed by atoms with Crippen LogP contribution in [0.3, 0.4) is 0 Å². The highest BCUT2D eigenvalue weighted by atomic mass is 16.5. The van der Waals surface area contributed by atoms with Gasteiger partial charge in [0.15, 0.2) is 0 Å². The first kappa shape index (κ1) is 19.6. The second-order valence-corrected chi connectivity index (χ2v) is 8.39. The number of amides is 1. The fraction of sp³-hybridized carbons (Fsp3) is 0.500. The number of piperidine rings is 1. The Morgan fingerprint density at radius 3 is 2.67 bits per heavy atom. The number of nitrogens with two attached hydrogens (primary N) is 1. The number of hydrogen-bond acceptors (Lipinski definition) is 4. The first-order valence-corrected chi connectivity index (χ1v) is 9.57. The summed E-state index contributed by atoms with van der Waals surface area (Å²) in [6.45, 7) is 7.19. The Morgan fingerprint density at radius 2 is 1.96 bits per heavy atom. The van der Waals surface area contributed by atoms with Gasteiger partial charge in [-0.15, -0.1) is 0 Å². The summed E-state index contributed by atoms with van der Waals surface area (Å²) in [5.41, 5.74) is 7.38. The van der Waals surface area contributed by atoms with E-state index >= 15 is 0 Å². The number of ether oxygens (including phenoxy) is 1. The van der Waals surface area contributed by atoms with Crippen LogP contribution in [0.1, 0.15) is 25.8 Å². The summed E-state index contributed by atoms with van der Waals surface area (Å²) in [5, 5.41) is 2.29. The number of likely N-dealkylation sites (tertiary alicyclic amines) is 1. The Kier molecular flexibility index (Phi) is 5.72. The van der Waals surface area contributed by atoms with Crippen molar-refractivity contribution in [1.29, 1.82) is 0 Å². The number of likely N-dealkylation sites (N-methyl/N-ethyl adjacent to an activating group) is 1. The summed E-state index contributed by atoms with van der Waals surface area (Å²) in [5.74, 6) is 1.00. The molecule has 5 nitrogen and oxygen atoms in total. The van der Waals surface area contributed by atoms with Crippen molar-refractivity contribution in [3.05, 3.63) is 42.0 Å². The number of fused-ring (bicyclic) bond motifs is 1. The molecule has 0 radical (unpaired) electrons. The summed E-state index contributed by atoms with van der Waals surface area (Å²) in [6, 6.07) is 12.5. The van der Waals surface area contributed by atoms with Crippen LogP contribution in [0.4, 0.5) is 0 Å². The molecule has 1 fully saturated rings. The SMILES string of the molecule is COc1ccc2cc(CN(C)C(=O)CN3CCC(N)C(C)(C)C3)ccc2c1. The van der Waals surface area contributed by atoms with Crippen molar-refractivity contribution in [2.24, 2.45) is 11.1 Å². The maximum atomic E-state index is 12.7. The number of rotatable bonds is 5. The van der Waals surface area contributed by atoms with Gasteiger partial charge >= 0.3 is 0 Å². The van der Waals surface area contributed by atoms with Crippen LogP contribution in [0.25, 0.3) is 10.8 Å². The molecular weight excluding hydrogens is 338 g/mol. The molecule has 1 aliphatic heterocycles. The lowest BCUT2D eigenvalue weighted by Gasteiger charge is -2.42. The van der Waals surface area contributed by atoms with Crippen LogP contribution in [-0.4, -0.2) is 55.5 Å². The molecule has 5 heteroatoms. The maximum Gasteiger partial charge on any atom is 0.236 e. The first-order chi connectivity index (χ1) is 12.8. The molecule has 0 aliphatic carbocycles. The van der Waals surface area contributed by atoms with Crippen molar-refractivity contribution < 1.29 is 9.53 Å². The van der Waals surface area contributed by atoms with Gasteiger partial charge in [-0.1, -0.05) is 32.0 Å². The zero-order chi connectivity index (χ0) is 19.6. The lowest BCUT2D eigenvalue weighted by atomic mass is 9.80. The standard InChI is InChI=1S/C22H31N3O2/c1-22(2)15-25(10-9-20(22)23)14-21(26)24(3)13-16-5-6-18-12-19(27-4)8-7-17(18)11-16/h5-8,11-12,20H,9-10,13-15,23H2,1-4H3. The molecule has 1 atom stereocenters. The lowest BCUT2D eigenvalue weighted by molar-refractivity contribution is -0.132. The quantitative estimate of drug-likeness (QED) is 0.880. The van der Waals surface area contributed by atoms with Crippen LogP contribution in [0.2, 0.25) is 0 Å². The second-order valence-electron chi connectivity index (χ2n) is 8.39. The van der Waals surface area contributed by atoms with Gasteiger partial charge in [0.05, 0.1) is 13.7 Å². The molecule has 1 saturated heterocycles. The van der Waals surface area contributed by atoms with Crippen LogP contribution >= 0.6 is 0 Å². The Bertz CT molecular complexity index is 818. The van der Waals surface area contributed by atoms with E-state index in [1.807, 2.05) is 24.1 Å². The van der Waals surface area contributed by atoms with Crippen LogP contribution < -0.4 is 10.5 Å². The zero-order valence-electron chi connectivity index (χ0n) is 16.9. The minimum absolute atomic E-state index is 0.0521. The normalized spacial score (nSPS) is 19.8. The number of benzene rings is 2. The number of nitrogens with zero attached hydrogens (tertiary/aromatic N) is 2. The van der Waals surface area contributed by atoms with E-state index in [2.05, 4.69) is 43.0 Å². The Labute approximate surface area is 162 Å². The molecule has 3 rings (SSSR count). The van der Waals surface area contributed by atoms with Gasteiger partial charge in [0.2, 0.25) is 5.91 Å². The van der Waals surface area contributed by atoms with Crippen LogP contribution in [0.5, 0.6) is 5.75 Å². The maximum absolute atomic E-state index is 12.7. The van der Waals surface area contributed by atoms with Gasteiger partial charge in [0, 0.05) is 32.7 Å². The Morgan fingerprint density at radius 1 is 1.26 bits per heavy atom. The molecule has 2 aromatic carbocycles. The monoisotopic (exact) mass is 369 g/mol. The summed E-state index contributed by atoms with van der Waals surface area (Å²) >= 11 is 0. The van der Waals surface area contributed by atoms with E-state index in [4.69, 9.17) is 10.5 Å². The predicted molar refractivity (Wildman–Crippen MR) is 110 cm³/mol. The molecular formula is C22H31N3O2. The Hall–Kier alpha value is -2.11. The van der Waals surface area contributed by atoms with E-state index in [0.717, 1.165) is 41.6 Å². The molecule has 0 aromatic heterocycles. The van der Waals surface area contributed by atoms with Gasteiger partial charge in [-0.05, 0) is 46.4 Å². The Balaban J connectivity index is 1.62. The molecule has 2 N–H and O–H groups in total. The van der Waals surface area contributed by atoms with Crippen LogP contribution in [0, 0.1) is 5.41 Å². The van der Waals surface area contributed by atoms with E-state index in [1.54, 1.807) is 7.11 Å². The minimum Gasteiger partial charge on any atom is -0.497 e. The van der Waals surface area contributed by atoms with Crippen molar-refractivity contribution in [2.75, 3.05) is 33.8 Å². The molecule has 2 aromatic rings. The lowest BCUT2D eigenvalue weighted by Crippen LogP contribution is -2.54. The van der Waals surface area contributed by atoms with Crippen LogP contribution in [0.15, 0.2) is 36.4 Å². The molecule has 1 heterocycles. The number of methoxy groups -OCH3 is 1. The minimum atomic E-state index is 0.0521. The largest absolute Gasteiger partial charge is 0.497 e. The van der Waals surface area contributed by atoms with Gasteiger partial charge in [-0.2, -0.15) is 0 Å². The molecule has 0 saturated carbocycles. The molecule has 1 unspecified atom stereocenters. The van der Waals surface area contributed by atoms with Crippen molar-refractivity contribution in [3.63, 3.8) is 0 Å². The van der Waals surface area contributed by atoms with Crippen molar-refractivity contribution >= 4 is 16.7 Å². The first-order valence-electron chi connectivity index (χ1n) is 9.57. The van der Waals surface area contributed by atoms with Gasteiger partial charge in [-0.3, -0.25) is 9.69 Å². The molecule has 0 bridgehead atoms. The van der Waals surface area contributed by atoms with E-state index in [1.165, 1.54) is 0 Å². The summed E-state index contributed by atoms with van der Waals surface area (Å²) < 4.78 is 5.28. The topological polar surface area (TPSA) is 58.8 Å². The highest BCUT2D eigenvalue weighted by Crippen LogP contribution is 2.27. The van der Waals surface area contributed by atoms with Crippen molar-refractivity contribution in [2.45, 2.75) is 32.9 Å². The van der Waals surface area contributed by atoms with Gasteiger partial charge in [0.25, 0.3) is 0 Å². The predicted octanol–water partition coefficient (Wildman–Crippen LogP) is 2.87. The highest BCUT2D eigenvalue weighted by molar-refractivity contribution is 5.84. The average Bonchev–Trinajstić information content (AvgIpc) is 2.64. The average molecular weight is 370 g/mol. The molecule has 0 spiro atoms. The third-order valence-corrected chi connectivity index (χ3v) is 5.71. The third-order valence-electron chi connectivity index (χ3n) is 5.71. The van der Waals surface area contributed by atoms with E-state index in [-0.39, 0.29) is 17.4 Å². The third kappa shape index (κ3) is 4.60. The summed E-state index contributed by atoms with van der Waals surface area (Å²) in [7, 11) is 3.55. The zero-order valence-corrected chi connectivity index (χ0v) is 16.9. The summed E-state index contributed by atoms with van der Waals surface area (Å²) in [4.78, 5) is 16.7. The van der Waals surface area contributed by atoms with Crippen molar-refractivity contribution in [3.8, 4) is 5.75 Å². The van der Waals surface area contributed by atoms with Gasteiger partial charge in [0.1, 0.15) is 5.75 Å². The molecule has 146 valence electrons. The fourth-order valence-electron chi connectivity index (χ4n) is 3.79. The van der Waals surface area contributed by atoms with E-state index < -0.39 is 0 Å². The van der Waals surface area contributed by atoms with Gasteiger partial charge < -0.3 is 15.4 Å². The smallest absolute Gasteiger partial charge is 0.236 e. The molecule has 1 aliphatic rings. The number of carbonyl (C=O) groups is 1.